The normalized spacial score (nSPS) is 11.1. The molecule has 0 aliphatic carbocycles. The zero-order valence-corrected chi connectivity index (χ0v) is 12.0. The third-order valence-electron chi connectivity index (χ3n) is 3.41. The second kappa shape index (κ2) is 5.59. The topological polar surface area (TPSA) is 43.6 Å². The molecule has 3 aromatic heterocycles. The maximum atomic E-state index is 6.02. The van der Waals surface area contributed by atoms with E-state index in [0.717, 1.165) is 35.5 Å². The van der Waals surface area contributed by atoms with Crippen LogP contribution in [0.4, 0.5) is 0 Å². The summed E-state index contributed by atoms with van der Waals surface area (Å²) < 4.78 is 2.11. The summed E-state index contributed by atoms with van der Waals surface area (Å²) in [7, 11) is 0. The van der Waals surface area contributed by atoms with Gasteiger partial charge in [0.15, 0.2) is 5.65 Å². The zero-order valence-electron chi connectivity index (χ0n) is 11.3. The first-order chi connectivity index (χ1) is 9.79. The molecule has 0 radical (unpaired) electrons. The number of alkyl halides is 1. The van der Waals surface area contributed by atoms with E-state index in [2.05, 4.69) is 19.5 Å². The van der Waals surface area contributed by atoms with Crippen molar-refractivity contribution in [3.05, 3.63) is 53.7 Å². The van der Waals surface area contributed by atoms with E-state index in [-0.39, 0.29) is 0 Å². The fourth-order valence-corrected chi connectivity index (χ4v) is 2.51. The maximum absolute atomic E-state index is 6.02. The zero-order chi connectivity index (χ0) is 13.9. The quantitative estimate of drug-likeness (QED) is 0.692. The second-order valence-corrected chi connectivity index (χ2v) is 4.99. The molecule has 0 atom stereocenters. The average Bonchev–Trinajstić information content (AvgIpc) is 2.85. The molecule has 0 aromatic carbocycles. The van der Waals surface area contributed by atoms with Crippen molar-refractivity contribution in [2.45, 2.75) is 25.8 Å². The third-order valence-corrected chi connectivity index (χ3v) is 3.65. The minimum Gasteiger partial charge on any atom is -0.311 e. The van der Waals surface area contributed by atoms with E-state index in [4.69, 9.17) is 11.6 Å². The molecule has 0 saturated heterocycles. The molecule has 3 rings (SSSR count). The Morgan fingerprint density at radius 1 is 1.15 bits per heavy atom. The Kier molecular flexibility index (Phi) is 3.65. The highest BCUT2D eigenvalue weighted by Gasteiger charge is 2.12. The molecule has 5 heteroatoms. The number of pyridine rings is 2. The lowest BCUT2D eigenvalue weighted by Gasteiger charge is -2.07. The van der Waals surface area contributed by atoms with Crippen LogP contribution in [0.1, 0.15) is 17.0 Å². The Morgan fingerprint density at radius 3 is 2.70 bits per heavy atom. The second-order valence-electron chi connectivity index (χ2n) is 4.72. The van der Waals surface area contributed by atoms with Gasteiger partial charge in [0, 0.05) is 25.1 Å². The van der Waals surface area contributed by atoms with E-state index in [9.17, 15) is 0 Å². The predicted molar refractivity (Wildman–Crippen MR) is 79.8 cm³/mol. The summed E-state index contributed by atoms with van der Waals surface area (Å²) in [5.41, 5.74) is 4.23. The van der Waals surface area contributed by atoms with Crippen molar-refractivity contribution >= 4 is 22.8 Å². The van der Waals surface area contributed by atoms with E-state index < -0.39 is 0 Å². The minimum atomic E-state index is 0.395. The van der Waals surface area contributed by atoms with Gasteiger partial charge in [-0.15, -0.1) is 11.6 Å². The van der Waals surface area contributed by atoms with Crippen molar-refractivity contribution in [1.82, 2.24) is 19.5 Å². The van der Waals surface area contributed by atoms with E-state index in [0.29, 0.717) is 5.88 Å². The first kappa shape index (κ1) is 13.1. The van der Waals surface area contributed by atoms with Gasteiger partial charge in [0.25, 0.3) is 0 Å². The number of fused-ring (bicyclic) bond motifs is 1. The van der Waals surface area contributed by atoms with Gasteiger partial charge in [-0.3, -0.25) is 4.98 Å². The molecule has 20 heavy (non-hydrogen) atoms. The smallest absolute Gasteiger partial charge is 0.160 e. The summed E-state index contributed by atoms with van der Waals surface area (Å²) in [6.45, 7) is 2.86. The van der Waals surface area contributed by atoms with Crippen molar-refractivity contribution in [2.75, 3.05) is 0 Å². The highest BCUT2D eigenvalue weighted by Crippen LogP contribution is 2.19. The Hall–Kier alpha value is -1.94. The first-order valence-electron chi connectivity index (χ1n) is 6.55. The van der Waals surface area contributed by atoms with Gasteiger partial charge in [-0.2, -0.15) is 0 Å². The van der Waals surface area contributed by atoms with Gasteiger partial charge in [0.05, 0.1) is 5.88 Å². The van der Waals surface area contributed by atoms with Crippen LogP contribution in [0.15, 0.2) is 36.8 Å². The van der Waals surface area contributed by atoms with Crippen molar-refractivity contribution in [2.24, 2.45) is 0 Å². The van der Waals surface area contributed by atoms with Crippen LogP contribution in [0, 0.1) is 6.92 Å². The molecule has 0 aliphatic heterocycles. The molecule has 0 spiro atoms. The molecular formula is C15H15ClN4. The SMILES string of the molecule is Cc1ccnc2c1nc(CCl)n2CCc1ccncc1. The van der Waals surface area contributed by atoms with Crippen LogP contribution < -0.4 is 0 Å². The average molecular weight is 287 g/mol. The summed E-state index contributed by atoms with van der Waals surface area (Å²) >= 11 is 6.02. The number of aryl methyl sites for hydroxylation is 3. The van der Waals surface area contributed by atoms with E-state index >= 15 is 0 Å². The van der Waals surface area contributed by atoms with Crippen LogP contribution in [-0.2, 0) is 18.8 Å². The Morgan fingerprint density at radius 2 is 1.95 bits per heavy atom. The van der Waals surface area contributed by atoms with Crippen LogP contribution in [0.2, 0.25) is 0 Å². The van der Waals surface area contributed by atoms with Crippen LogP contribution in [0.3, 0.4) is 0 Å². The number of halogens is 1. The summed E-state index contributed by atoms with van der Waals surface area (Å²) in [4.78, 5) is 13.1. The Bertz CT molecular complexity index is 721. The number of aromatic nitrogens is 4. The lowest BCUT2D eigenvalue weighted by atomic mass is 10.2. The van der Waals surface area contributed by atoms with Crippen LogP contribution in [0.5, 0.6) is 0 Å². The summed E-state index contributed by atoms with van der Waals surface area (Å²) in [5, 5.41) is 0. The molecule has 0 aliphatic rings. The van der Waals surface area contributed by atoms with Gasteiger partial charge in [-0.1, -0.05) is 0 Å². The largest absolute Gasteiger partial charge is 0.311 e. The number of imidazole rings is 1. The fourth-order valence-electron chi connectivity index (χ4n) is 2.31. The highest BCUT2D eigenvalue weighted by molar-refractivity contribution is 6.16. The molecule has 0 bridgehead atoms. The number of hydrogen-bond donors (Lipinski definition) is 0. The first-order valence-corrected chi connectivity index (χ1v) is 7.08. The summed E-state index contributed by atoms with van der Waals surface area (Å²) in [6, 6.07) is 6.02. The van der Waals surface area contributed by atoms with Crippen molar-refractivity contribution in [3.8, 4) is 0 Å². The predicted octanol–water partition coefficient (Wildman–Crippen LogP) is 3.12. The van der Waals surface area contributed by atoms with Gasteiger partial charge in [-0.05, 0) is 42.7 Å². The molecule has 0 unspecified atom stereocenters. The molecule has 0 saturated carbocycles. The van der Waals surface area contributed by atoms with Crippen LogP contribution in [-0.4, -0.2) is 19.5 Å². The minimum absolute atomic E-state index is 0.395. The highest BCUT2D eigenvalue weighted by atomic mass is 35.5. The summed E-state index contributed by atoms with van der Waals surface area (Å²) in [6.07, 6.45) is 6.35. The number of rotatable bonds is 4. The molecular weight excluding hydrogens is 272 g/mol. The third kappa shape index (κ3) is 2.39. The maximum Gasteiger partial charge on any atom is 0.160 e. The van der Waals surface area contributed by atoms with Crippen LogP contribution >= 0.6 is 11.6 Å². The van der Waals surface area contributed by atoms with E-state index in [1.54, 1.807) is 0 Å². The van der Waals surface area contributed by atoms with Gasteiger partial charge in [-0.25, -0.2) is 9.97 Å². The van der Waals surface area contributed by atoms with Crippen molar-refractivity contribution < 1.29 is 0 Å². The summed E-state index contributed by atoms with van der Waals surface area (Å²) in [5.74, 6) is 1.27. The molecule has 3 heterocycles. The van der Waals surface area contributed by atoms with E-state index in [1.807, 2.05) is 43.7 Å². The van der Waals surface area contributed by atoms with E-state index in [1.165, 1.54) is 5.56 Å². The molecule has 4 nitrogen and oxygen atoms in total. The van der Waals surface area contributed by atoms with Crippen LogP contribution in [0.25, 0.3) is 11.2 Å². The number of nitrogens with zero attached hydrogens (tertiary/aromatic N) is 4. The van der Waals surface area contributed by atoms with Gasteiger partial charge in [0.1, 0.15) is 11.3 Å². The molecule has 0 N–H and O–H groups in total. The fraction of sp³-hybridized carbons (Fsp3) is 0.267. The molecule has 3 aromatic rings. The van der Waals surface area contributed by atoms with Gasteiger partial charge < -0.3 is 4.57 Å². The lowest BCUT2D eigenvalue weighted by molar-refractivity contribution is 0.682. The Labute approximate surface area is 122 Å². The number of hydrogen-bond acceptors (Lipinski definition) is 3. The lowest BCUT2D eigenvalue weighted by Crippen LogP contribution is -2.06. The monoisotopic (exact) mass is 286 g/mol. The van der Waals surface area contributed by atoms with Crippen molar-refractivity contribution in [3.63, 3.8) is 0 Å². The standard InChI is InChI=1S/C15H15ClN4/c1-11-2-8-18-15-14(11)19-13(10-16)20(15)9-5-12-3-6-17-7-4-12/h2-4,6-8H,5,9-10H2,1H3. The molecule has 102 valence electrons. The molecule has 0 amide bonds. The van der Waals surface area contributed by atoms with Gasteiger partial charge in [0.2, 0.25) is 0 Å². The van der Waals surface area contributed by atoms with Crippen molar-refractivity contribution in [1.29, 1.82) is 0 Å². The Balaban J connectivity index is 1.96. The van der Waals surface area contributed by atoms with Gasteiger partial charge >= 0.3 is 0 Å². The molecule has 0 fully saturated rings.